The van der Waals surface area contributed by atoms with Crippen molar-refractivity contribution in [1.29, 1.82) is 0 Å². The monoisotopic (exact) mass is 276 g/mol. The van der Waals surface area contributed by atoms with Crippen LogP contribution < -0.4 is 10.6 Å². The first-order chi connectivity index (χ1) is 8.34. The van der Waals surface area contributed by atoms with Gasteiger partial charge in [-0.05, 0) is 32.2 Å². The van der Waals surface area contributed by atoms with Gasteiger partial charge in [0.25, 0.3) is 0 Å². The summed E-state index contributed by atoms with van der Waals surface area (Å²) in [7, 11) is 0. The Morgan fingerprint density at radius 2 is 1.94 bits per heavy atom. The third kappa shape index (κ3) is 5.55. The molecule has 2 fully saturated rings. The van der Waals surface area contributed by atoms with Crippen LogP contribution in [0, 0.1) is 0 Å². The van der Waals surface area contributed by atoms with E-state index in [1.807, 2.05) is 0 Å². The maximum atomic E-state index is 11.7. The van der Waals surface area contributed by atoms with Gasteiger partial charge in [0.1, 0.15) is 6.61 Å². The second-order valence-corrected chi connectivity index (χ2v) is 5.18. The first-order valence-corrected chi connectivity index (χ1v) is 6.96. The molecule has 1 saturated heterocycles. The zero-order chi connectivity index (χ0) is 11.9. The summed E-state index contributed by atoms with van der Waals surface area (Å²) in [6.07, 6.45) is 8.61. The summed E-state index contributed by atoms with van der Waals surface area (Å²) in [4.78, 5) is 11.7. The highest BCUT2D eigenvalue weighted by Crippen LogP contribution is 2.19. The molecule has 2 rings (SSSR count). The molecule has 106 valence electrons. The van der Waals surface area contributed by atoms with E-state index in [4.69, 9.17) is 4.74 Å². The number of rotatable bonds is 4. The molecule has 0 spiro atoms. The maximum Gasteiger partial charge on any atom is 0.246 e. The lowest BCUT2D eigenvalue weighted by Crippen LogP contribution is -2.47. The van der Waals surface area contributed by atoms with Crippen molar-refractivity contribution in [1.82, 2.24) is 10.6 Å². The van der Waals surface area contributed by atoms with E-state index in [0.29, 0.717) is 12.1 Å². The molecule has 2 N–H and O–H groups in total. The Balaban J connectivity index is 0.00000162. The van der Waals surface area contributed by atoms with Crippen molar-refractivity contribution in [3.63, 3.8) is 0 Å². The lowest BCUT2D eigenvalue weighted by Gasteiger charge is -2.25. The Bertz CT molecular complexity index is 239. The SMILES string of the molecule is Cl.O=C(COC1CCCCC1)N[C@H]1CCCNC1. The van der Waals surface area contributed by atoms with Gasteiger partial charge < -0.3 is 15.4 Å². The number of carbonyl (C=O) groups excluding carboxylic acids is 1. The van der Waals surface area contributed by atoms with Crippen molar-refractivity contribution in [2.45, 2.75) is 57.1 Å². The van der Waals surface area contributed by atoms with Crippen LogP contribution in [0.3, 0.4) is 0 Å². The topological polar surface area (TPSA) is 50.4 Å². The van der Waals surface area contributed by atoms with Crippen molar-refractivity contribution in [3.05, 3.63) is 0 Å². The van der Waals surface area contributed by atoms with Crippen molar-refractivity contribution < 1.29 is 9.53 Å². The van der Waals surface area contributed by atoms with Crippen LogP contribution in [0.2, 0.25) is 0 Å². The van der Waals surface area contributed by atoms with E-state index >= 15 is 0 Å². The number of ether oxygens (including phenoxy) is 1. The van der Waals surface area contributed by atoms with Crippen LogP contribution in [0.1, 0.15) is 44.9 Å². The molecule has 1 heterocycles. The van der Waals surface area contributed by atoms with Gasteiger partial charge >= 0.3 is 0 Å². The molecule has 1 atom stereocenters. The molecule has 0 aromatic heterocycles. The summed E-state index contributed by atoms with van der Waals surface area (Å²) < 4.78 is 5.65. The Morgan fingerprint density at radius 1 is 1.17 bits per heavy atom. The van der Waals surface area contributed by atoms with E-state index in [0.717, 1.165) is 38.8 Å². The summed E-state index contributed by atoms with van der Waals surface area (Å²) in [5.41, 5.74) is 0. The van der Waals surface area contributed by atoms with Gasteiger partial charge in [-0.2, -0.15) is 0 Å². The molecule has 5 heteroatoms. The molecule has 0 aromatic carbocycles. The number of nitrogens with one attached hydrogen (secondary N) is 2. The van der Waals surface area contributed by atoms with Crippen molar-refractivity contribution >= 4 is 18.3 Å². The van der Waals surface area contributed by atoms with E-state index in [2.05, 4.69) is 10.6 Å². The van der Waals surface area contributed by atoms with Crippen LogP contribution in [-0.2, 0) is 9.53 Å². The van der Waals surface area contributed by atoms with E-state index in [1.165, 1.54) is 19.3 Å². The fraction of sp³-hybridized carbons (Fsp3) is 0.923. The van der Waals surface area contributed by atoms with Gasteiger partial charge in [-0.25, -0.2) is 0 Å². The van der Waals surface area contributed by atoms with Crippen LogP contribution >= 0.6 is 12.4 Å². The van der Waals surface area contributed by atoms with Crippen LogP contribution in [-0.4, -0.2) is 37.7 Å². The summed E-state index contributed by atoms with van der Waals surface area (Å²) >= 11 is 0. The number of carbonyl (C=O) groups is 1. The van der Waals surface area contributed by atoms with E-state index in [9.17, 15) is 4.79 Å². The first-order valence-electron chi connectivity index (χ1n) is 6.96. The standard InChI is InChI=1S/C13H24N2O2.ClH/c16-13(15-11-5-4-8-14-9-11)10-17-12-6-2-1-3-7-12;/h11-12,14H,1-10H2,(H,15,16);1H/t11-;/m0./s1. The van der Waals surface area contributed by atoms with Crippen LogP contribution in [0.4, 0.5) is 0 Å². The molecule has 0 radical (unpaired) electrons. The van der Waals surface area contributed by atoms with Gasteiger partial charge in [0.05, 0.1) is 6.10 Å². The maximum absolute atomic E-state index is 11.7. The number of hydrogen-bond acceptors (Lipinski definition) is 3. The van der Waals surface area contributed by atoms with Crippen molar-refractivity contribution in [2.24, 2.45) is 0 Å². The average Bonchev–Trinajstić information content (AvgIpc) is 2.39. The highest BCUT2D eigenvalue weighted by atomic mass is 35.5. The molecule has 1 aliphatic carbocycles. The predicted molar refractivity (Wildman–Crippen MR) is 74.1 cm³/mol. The summed E-state index contributed by atoms with van der Waals surface area (Å²) in [6.45, 7) is 2.21. The normalized spacial score (nSPS) is 25.2. The molecule has 0 bridgehead atoms. The second-order valence-electron chi connectivity index (χ2n) is 5.18. The van der Waals surface area contributed by atoms with Crippen molar-refractivity contribution in [2.75, 3.05) is 19.7 Å². The summed E-state index contributed by atoms with van der Waals surface area (Å²) in [5.74, 6) is 0.0456. The van der Waals surface area contributed by atoms with Gasteiger partial charge in [0.2, 0.25) is 5.91 Å². The van der Waals surface area contributed by atoms with Crippen LogP contribution in [0.25, 0.3) is 0 Å². The minimum atomic E-state index is 0. The molecular formula is C13H25ClN2O2. The molecule has 1 amide bonds. The molecule has 0 aromatic rings. The Labute approximate surface area is 116 Å². The third-order valence-electron chi connectivity index (χ3n) is 3.66. The largest absolute Gasteiger partial charge is 0.368 e. The first kappa shape index (κ1) is 15.7. The fourth-order valence-electron chi connectivity index (χ4n) is 2.67. The van der Waals surface area contributed by atoms with Gasteiger partial charge in [0.15, 0.2) is 0 Å². The number of hydrogen-bond donors (Lipinski definition) is 2. The molecule has 1 saturated carbocycles. The zero-order valence-corrected chi connectivity index (χ0v) is 11.8. The molecule has 4 nitrogen and oxygen atoms in total. The van der Waals surface area contributed by atoms with E-state index < -0.39 is 0 Å². The molecule has 0 unspecified atom stereocenters. The minimum Gasteiger partial charge on any atom is -0.368 e. The van der Waals surface area contributed by atoms with Gasteiger partial charge in [0, 0.05) is 12.6 Å². The lowest BCUT2D eigenvalue weighted by atomic mass is 9.98. The predicted octanol–water partition coefficient (Wildman–Crippen LogP) is 1.63. The quantitative estimate of drug-likeness (QED) is 0.821. The highest BCUT2D eigenvalue weighted by Gasteiger charge is 2.18. The van der Waals surface area contributed by atoms with Crippen molar-refractivity contribution in [3.8, 4) is 0 Å². The van der Waals surface area contributed by atoms with Gasteiger partial charge in [-0.1, -0.05) is 19.3 Å². The zero-order valence-electron chi connectivity index (χ0n) is 11.0. The fourth-order valence-corrected chi connectivity index (χ4v) is 2.67. The summed E-state index contributed by atoms with van der Waals surface area (Å²) in [6, 6.07) is 0.297. The third-order valence-corrected chi connectivity index (χ3v) is 3.66. The minimum absolute atomic E-state index is 0. The van der Waals surface area contributed by atoms with Gasteiger partial charge in [-0.15, -0.1) is 12.4 Å². The molecule has 2 aliphatic rings. The smallest absolute Gasteiger partial charge is 0.246 e. The van der Waals surface area contributed by atoms with E-state index in [1.54, 1.807) is 0 Å². The Kier molecular flexibility index (Phi) is 7.63. The van der Waals surface area contributed by atoms with Crippen LogP contribution in [0.15, 0.2) is 0 Å². The second kappa shape index (κ2) is 8.73. The average molecular weight is 277 g/mol. The lowest BCUT2D eigenvalue weighted by molar-refractivity contribution is -0.129. The number of piperidine rings is 1. The number of halogens is 1. The molecular weight excluding hydrogens is 252 g/mol. The summed E-state index contributed by atoms with van der Waals surface area (Å²) in [5, 5.41) is 6.32. The Morgan fingerprint density at radius 3 is 2.61 bits per heavy atom. The molecule has 1 aliphatic heterocycles. The highest BCUT2D eigenvalue weighted by molar-refractivity contribution is 5.85. The van der Waals surface area contributed by atoms with Gasteiger partial charge in [-0.3, -0.25) is 4.79 Å². The van der Waals surface area contributed by atoms with Crippen LogP contribution in [0.5, 0.6) is 0 Å². The Hall–Kier alpha value is -0.320. The van der Waals surface area contributed by atoms with E-state index in [-0.39, 0.29) is 24.9 Å². The number of amides is 1. The molecule has 18 heavy (non-hydrogen) atoms.